The van der Waals surface area contributed by atoms with Crippen LogP contribution in [0.1, 0.15) is 45.4 Å². The number of amides is 1. The number of rotatable bonds is 6. The van der Waals surface area contributed by atoms with Gasteiger partial charge in [-0.3, -0.25) is 9.59 Å². The van der Waals surface area contributed by atoms with Crippen LogP contribution in [0.3, 0.4) is 0 Å². The first-order valence-corrected chi connectivity index (χ1v) is 6.23. The molecule has 0 atom stereocenters. The fraction of sp³-hybridized carbons (Fsp3) is 0.833. The minimum absolute atomic E-state index is 0.305. The van der Waals surface area contributed by atoms with Crippen LogP contribution in [0.4, 0.5) is 0 Å². The molecule has 0 radical (unpaired) electrons. The quantitative estimate of drug-likeness (QED) is 0.603. The van der Waals surface area contributed by atoms with E-state index in [0.717, 1.165) is 12.8 Å². The Labute approximate surface area is 102 Å². The van der Waals surface area contributed by atoms with Crippen molar-refractivity contribution in [3.63, 3.8) is 0 Å². The van der Waals surface area contributed by atoms with Gasteiger partial charge in [0.05, 0.1) is 0 Å². The van der Waals surface area contributed by atoms with Crippen molar-refractivity contribution in [2.75, 3.05) is 6.54 Å². The van der Waals surface area contributed by atoms with Crippen LogP contribution < -0.4 is 11.1 Å². The summed E-state index contributed by atoms with van der Waals surface area (Å²) in [5.41, 5.74) is 4.25. The lowest BCUT2D eigenvalue weighted by Crippen LogP contribution is -2.54. The second-order valence-electron chi connectivity index (χ2n) is 5.07. The van der Waals surface area contributed by atoms with E-state index in [4.69, 9.17) is 5.73 Å². The number of carbonyl (C=O) groups excluding carboxylic acids is 1. The molecular formula is C12H22N2O3. The third-order valence-electron chi connectivity index (χ3n) is 3.60. The van der Waals surface area contributed by atoms with Crippen molar-refractivity contribution in [3.8, 4) is 0 Å². The summed E-state index contributed by atoms with van der Waals surface area (Å²) in [6.45, 7) is 2.68. The molecule has 0 aromatic carbocycles. The van der Waals surface area contributed by atoms with E-state index in [-0.39, 0.29) is 5.91 Å². The van der Waals surface area contributed by atoms with Crippen LogP contribution in [-0.4, -0.2) is 29.1 Å². The van der Waals surface area contributed by atoms with E-state index in [9.17, 15) is 14.7 Å². The van der Waals surface area contributed by atoms with Gasteiger partial charge < -0.3 is 16.2 Å². The molecular weight excluding hydrogens is 220 g/mol. The molecule has 0 bridgehead atoms. The fourth-order valence-electron chi connectivity index (χ4n) is 2.31. The van der Waals surface area contributed by atoms with Crippen LogP contribution in [0.2, 0.25) is 0 Å². The molecule has 0 spiro atoms. The van der Waals surface area contributed by atoms with Gasteiger partial charge in [-0.2, -0.15) is 0 Å². The van der Waals surface area contributed by atoms with Crippen LogP contribution in [0.15, 0.2) is 0 Å². The van der Waals surface area contributed by atoms with Gasteiger partial charge in [0, 0.05) is 6.42 Å². The summed E-state index contributed by atoms with van der Waals surface area (Å²) < 4.78 is 0. The van der Waals surface area contributed by atoms with Crippen LogP contribution in [0, 0.1) is 5.92 Å². The third-order valence-corrected chi connectivity index (χ3v) is 3.60. The first-order chi connectivity index (χ1) is 7.96. The second kappa shape index (κ2) is 6.00. The highest BCUT2D eigenvalue weighted by Gasteiger charge is 2.40. The van der Waals surface area contributed by atoms with Crippen LogP contribution >= 0.6 is 0 Å². The zero-order valence-corrected chi connectivity index (χ0v) is 10.4. The van der Waals surface area contributed by atoms with E-state index in [0.29, 0.717) is 38.1 Å². The molecule has 1 aliphatic rings. The minimum Gasteiger partial charge on any atom is -0.480 e. The van der Waals surface area contributed by atoms with Crippen molar-refractivity contribution < 1.29 is 14.7 Å². The first kappa shape index (κ1) is 14.0. The van der Waals surface area contributed by atoms with E-state index < -0.39 is 11.5 Å². The van der Waals surface area contributed by atoms with Crippen molar-refractivity contribution in [3.05, 3.63) is 0 Å². The molecule has 0 aromatic rings. The van der Waals surface area contributed by atoms with Gasteiger partial charge in [0.2, 0.25) is 5.91 Å². The topological polar surface area (TPSA) is 92.4 Å². The largest absolute Gasteiger partial charge is 0.480 e. The highest BCUT2D eigenvalue weighted by molar-refractivity contribution is 5.79. The average molecular weight is 242 g/mol. The van der Waals surface area contributed by atoms with Gasteiger partial charge in [-0.1, -0.05) is 6.92 Å². The molecule has 0 aromatic heterocycles. The predicted molar refractivity (Wildman–Crippen MR) is 64.4 cm³/mol. The van der Waals surface area contributed by atoms with E-state index >= 15 is 0 Å². The van der Waals surface area contributed by atoms with Crippen molar-refractivity contribution in [2.24, 2.45) is 11.7 Å². The number of nitrogens with two attached hydrogens (primary N) is 1. The van der Waals surface area contributed by atoms with E-state index in [1.54, 1.807) is 0 Å². The fourth-order valence-corrected chi connectivity index (χ4v) is 2.31. The van der Waals surface area contributed by atoms with Crippen molar-refractivity contribution in [1.82, 2.24) is 5.32 Å². The molecule has 1 fully saturated rings. The number of carboxylic acid groups (broad SMARTS) is 1. The zero-order valence-electron chi connectivity index (χ0n) is 10.4. The highest BCUT2D eigenvalue weighted by Crippen LogP contribution is 2.32. The summed E-state index contributed by atoms with van der Waals surface area (Å²) in [5, 5.41) is 12.4. The Morgan fingerprint density at radius 2 is 2.00 bits per heavy atom. The van der Waals surface area contributed by atoms with Gasteiger partial charge in [-0.05, 0) is 44.6 Å². The number of hydrogen-bond acceptors (Lipinski definition) is 3. The maximum Gasteiger partial charge on any atom is 0.323 e. The molecule has 0 heterocycles. The Kier molecular flexibility index (Phi) is 4.93. The van der Waals surface area contributed by atoms with Gasteiger partial charge in [-0.15, -0.1) is 0 Å². The summed E-state index contributed by atoms with van der Waals surface area (Å²) in [7, 11) is 0. The van der Waals surface area contributed by atoms with Crippen LogP contribution in [0.5, 0.6) is 0 Å². The summed E-state index contributed by atoms with van der Waals surface area (Å²) in [4.78, 5) is 21.9. The molecule has 1 saturated carbocycles. The number of aliphatic carboxylic acids is 1. The average Bonchev–Trinajstić information content (AvgIpc) is 2.26. The van der Waals surface area contributed by atoms with E-state index in [2.05, 4.69) is 12.2 Å². The van der Waals surface area contributed by atoms with Gasteiger partial charge >= 0.3 is 5.97 Å². The highest BCUT2D eigenvalue weighted by atomic mass is 16.4. The van der Waals surface area contributed by atoms with Crippen molar-refractivity contribution in [2.45, 2.75) is 51.0 Å². The lowest BCUT2D eigenvalue weighted by Gasteiger charge is -2.36. The lowest BCUT2D eigenvalue weighted by molar-refractivity contribution is -0.146. The molecule has 0 aliphatic heterocycles. The minimum atomic E-state index is -0.788. The van der Waals surface area contributed by atoms with E-state index in [1.807, 2.05) is 0 Å². The normalized spacial score (nSPS) is 28.9. The summed E-state index contributed by atoms with van der Waals surface area (Å²) in [6, 6.07) is 0. The Morgan fingerprint density at radius 1 is 1.41 bits per heavy atom. The zero-order chi connectivity index (χ0) is 12.9. The third kappa shape index (κ3) is 4.00. The van der Waals surface area contributed by atoms with Crippen LogP contribution in [0.25, 0.3) is 0 Å². The molecule has 0 saturated heterocycles. The number of carbonyl (C=O) groups is 2. The van der Waals surface area contributed by atoms with Crippen molar-refractivity contribution in [1.29, 1.82) is 0 Å². The van der Waals surface area contributed by atoms with Crippen LogP contribution in [-0.2, 0) is 9.59 Å². The second-order valence-corrected chi connectivity index (χ2v) is 5.07. The molecule has 5 nitrogen and oxygen atoms in total. The standard InChI is InChI=1S/C12H22N2O3/c1-9-4-6-12(7-5-9,11(16)17)14-8-2-3-10(13)15/h9,14H,2-8H2,1H3,(H2,13,15)(H,16,17). The smallest absolute Gasteiger partial charge is 0.323 e. The number of hydrogen-bond donors (Lipinski definition) is 3. The van der Waals surface area contributed by atoms with E-state index in [1.165, 1.54) is 0 Å². The molecule has 17 heavy (non-hydrogen) atoms. The Morgan fingerprint density at radius 3 is 2.47 bits per heavy atom. The maximum absolute atomic E-state index is 11.4. The predicted octanol–water partition coefficient (Wildman–Crippen LogP) is 0.875. The molecule has 4 N–H and O–H groups in total. The Hall–Kier alpha value is -1.10. The first-order valence-electron chi connectivity index (χ1n) is 6.23. The SMILES string of the molecule is CC1CCC(NCCCC(N)=O)(C(=O)O)CC1. The summed E-state index contributed by atoms with van der Waals surface area (Å²) in [5.74, 6) is -0.508. The monoisotopic (exact) mass is 242 g/mol. The summed E-state index contributed by atoms with van der Waals surface area (Å²) >= 11 is 0. The Bertz CT molecular complexity index is 283. The van der Waals surface area contributed by atoms with Gasteiger partial charge in [-0.25, -0.2) is 0 Å². The maximum atomic E-state index is 11.4. The molecule has 0 unspecified atom stereocenters. The van der Waals surface area contributed by atoms with Crippen molar-refractivity contribution >= 4 is 11.9 Å². The molecule has 1 amide bonds. The number of primary amides is 1. The lowest BCUT2D eigenvalue weighted by atomic mass is 9.77. The molecule has 98 valence electrons. The number of nitrogens with one attached hydrogen (secondary N) is 1. The summed E-state index contributed by atoms with van der Waals surface area (Å²) in [6.07, 6.45) is 4.11. The van der Waals surface area contributed by atoms with Gasteiger partial charge in [0.25, 0.3) is 0 Å². The Balaban J connectivity index is 2.43. The van der Waals surface area contributed by atoms with Gasteiger partial charge in [0.15, 0.2) is 0 Å². The van der Waals surface area contributed by atoms with Gasteiger partial charge in [0.1, 0.15) is 5.54 Å². The molecule has 1 aliphatic carbocycles. The molecule has 5 heteroatoms. The molecule has 1 rings (SSSR count). The number of carboxylic acids is 1.